The normalized spacial score (nSPS) is 12.2. The Hall–Kier alpha value is -0.780. The van der Waals surface area contributed by atoms with Crippen LogP contribution >= 0.6 is 34.2 Å². The summed E-state index contributed by atoms with van der Waals surface area (Å²) in [6.07, 6.45) is -0.606. The van der Waals surface area contributed by atoms with Crippen LogP contribution in [0.5, 0.6) is 5.75 Å². The van der Waals surface area contributed by atoms with E-state index in [1.807, 2.05) is 24.3 Å². The first-order valence-electron chi connectivity index (χ1n) is 5.91. The molecule has 0 saturated heterocycles. The van der Waals surface area contributed by atoms with E-state index in [1.54, 1.807) is 25.1 Å². The maximum atomic E-state index is 9.72. The molecule has 0 bridgehead atoms. The molecule has 0 aliphatic heterocycles. The van der Waals surface area contributed by atoms with Crippen LogP contribution in [-0.4, -0.2) is 5.11 Å². The molecule has 2 rings (SSSR count). The number of ether oxygens (including phenoxy) is 1. The Morgan fingerprint density at radius 3 is 2.53 bits per heavy atom. The third kappa shape index (κ3) is 4.09. The second-order valence-electron chi connectivity index (χ2n) is 4.27. The van der Waals surface area contributed by atoms with Crippen LogP contribution in [0.3, 0.4) is 0 Å². The highest BCUT2D eigenvalue weighted by atomic mass is 127. The number of aliphatic hydroxyl groups excluding tert-OH is 1. The molecule has 0 spiro atoms. The van der Waals surface area contributed by atoms with Gasteiger partial charge in [0.15, 0.2) is 0 Å². The predicted molar refractivity (Wildman–Crippen MR) is 85.6 cm³/mol. The molecule has 0 aliphatic rings. The van der Waals surface area contributed by atoms with Gasteiger partial charge in [-0.3, -0.25) is 0 Å². The SMILES string of the molecule is C[C@@H](O)c1cc(Cl)ccc1OCc1ccc(I)cc1. The molecular weight excluding hydrogens is 375 g/mol. The summed E-state index contributed by atoms with van der Waals surface area (Å²) < 4.78 is 6.95. The standard InChI is InChI=1S/C15H14ClIO2/c1-10(18)14-8-12(16)4-7-15(14)19-9-11-2-5-13(17)6-3-11/h2-8,10,18H,9H2,1H3/t10-/m1/s1. The van der Waals surface area contributed by atoms with Crippen LogP contribution in [0, 0.1) is 3.57 Å². The molecule has 0 unspecified atom stereocenters. The lowest BCUT2D eigenvalue weighted by Crippen LogP contribution is -2.01. The Morgan fingerprint density at radius 1 is 1.21 bits per heavy atom. The quantitative estimate of drug-likeness (QED) is 0.777. The molecule has 19 heavy (non-hydrogen) atoms. The summed E-state index contributed by atoms with van der Waals surface area (Å²) in [5.74, 6) is 0.665. The van der Waals surface area contributed by atoms with Crippen LogP contribution in [0.15, 0.2) is 42.5 Å². The molecule has 2 nitrogen and oxygen atoms in total. The minimum Gasteiger partial charge on any atom is -0.489 e. The second kappa shape index (κ2) is 6.59. The van der Waals surface area contributed by atoms with Gasteiger partial charge in [-0.2, -0.15) is 0 Å². The molecule has 0 aliphatic carbocycles. The predicted octanol–water partition coefficient (Wildman–Crippen LogP) is 4.58. The number of hydrogen-bond donors (Lipinski definition) is 1. The number of aliphatic hydroxyl groups is 1. The summed E-state index contributed by atoms with van der Waals surface area (Å²) in [5, 5.41) is 10.3. The molecular formula is C15H14ClIO2. The van der Waals surface area contributed by atoms with Crippen molar-refractivity contribution in [2.24, 2.45) is 0 Å². The van der Waals surface area contributed by atoms with E-state index in [9.17, 15) is 5.11 Å². The summed E-state index contributed by atoms with van der Waals surface area (Å²) in [6.45, 7) is 2.17. The monoisotopic (exact) mass is 388 g/mol. The largest absolute Gasteiger partial charge is 0.489 e. The zero-order chi connectivity index (χ0) is 13.8. The third-order valence-corrected chi connectivity index (χ3v) is 3.68. The fourth-order valence-electron chi connectivity index (χ4n) is 1.72. The first-order chi connectivity index (χ1) is 9.06. The molecule has 0 heterocycles. The fourth-order valence-corrected chi connectivity index (χ4v) is 2.26. The minimum atomic E-state index is -0.606. The molecule has 4 heteroatoms. The molecule has 2 aromatic rings. The lowest BCUT2D eigenvalue weighted by Gasteiger charge is -2.14. The topological polar surface area (TPSA) is 29.5 Å². The molecule has 0 radical (unpaired) electrons. The maximum absolute atomic E-state index is 9.72. The molecule has 0 aromatic heterocycles. The van der Waals surface area contributed by atoms with Gasteiger partial charge in [-0.1, -0.05) is 23.7 Å². The van der Waals surface area contributed by atoms with Gasteiger partial charge in [0.1, 0.15) is 12.4 Å². The lowest BCUT2D eigenvalue weighted by molar-refractivity contribution is 0.190. The van der Waals surface area contributed by atoms with Crippen molar-refractivity contribution in [3.8, 4) is 5.75 Å². The van der Waals surface area contributed by atoms with E-state index in [1.165, 1.54) is 3.57 Å². The number of halogens is 2. The maximum Gasteiger partial charge on any atom is 0.125 e. The Bertz CT molecular complexity index is 553. The van der Waals surface area contributed by atoms with Gasteiger partial charge in [0.05, 0.1) is 6.10 Å². The first kappa shape index (κ1) is 14.6. The average Bonchev–Trinajstić information content (AvgIpc) is 2.39. The van der Waals surface area contributed by atoms with Crippen LogP contribution in [-0.2, 0) is 6.61 Å². The fraction of sp³-hybridized carbons (Fsp3) is 0.200. The molecule has 1 atom stereocenters. The zero-order valence-corrected chi connectivity index (χ0v) is 13.4. The van der Waals surface area contributed by atoms with Crippen molar-refractivity contribution in [1.29, 1.82) is 0 Å². The van der Waals surface area contributed by atoms with Crippen molar-refractivity contribution in [2.75, 3.05) is 0 Å². The summed E-state index contributed by atoms with van der Waals surface area (Å²) in [5.41, 5.74) is 1.80. The van der Waals surface area contributed by atoms with E-state index in [2.05, 4.69) is 22.6 Å². The van der Waals surface area contributed by atoms with Gasteiger partial charge in [-0.15, -0.1) is 0 Å². The molecule has 0 fully saturated rings. The van der Waals surface area contributed by atoms with Crippen LogP contribution < -0.4 is 4.74 Å². The highest BCUT2D eigenvalue weighted by molar-refractivity contribution is 14.1. The summed E-state index contributed by atoms with van der Waals surface area (Å²) in [4.78, 5) is 0. The van der Waals surface area contributed by atoms with Crippen molar-refractivity contribution >= 4 is 34.2 Å². The van der Waals surface area contributed by atoms with Crippen LogP contribution in [0.4, 0.5) is 0 Å². The number of rotatable bonds is 4. The Labute approximate surface area is 131 Å². The van der Waals surface area contributed by atoms with Gasteiger partial charge in [-0.05, 0) is 65.4 Å². The molecule has 1 N–H and O–H groups in total. The second-order valence-corrected chi connectivity index (χ2v) is 5.96. The molecule has 2 aromatic carbocycles. The van der Waals surface area contributed by atoms with E-state index in [4.69, 9.17) is 16.3 Å². The molecule has 0 amide bonds. The van der Waals surface area contributed by atoms with E-state index in [0.29, 0.717) is 22.9 Å². The number of hydrogen-bond acceptors (Lipinski definition) is 2. The van der Waals surface area contributed by atoms with E-state index >= 15 is 0 Å². The van der Waals surface area contributed by atoms with Crippen LogP contribution in [0.25, 0.3) is 0 Å². The minimum absolute atomic E-state index is 0.471. The van der Waals surface area contributed by atoms with Crippen molar-refractivity contribution < 1.29 is 9.84 Å². The molecule has 0 saturated carbocycles. The van der Waals surface area contributed by atoms with Crippen molar-refractivity contribution in [2.45, 2.75) is 19.6 Å². The summed E-state index contributed by atoms with van der Waals surface area (Å²) >= 11 is 8.19. The zero-order valence-electron chi connectivity index (χ0n) is 10.4. The first-order valence-corrected chi connectivity index (χ1v) is 7.36. The highest BCUT2D eigenvalue weighted by Gasteiger charge is 2.10. The Morgan fingerprint density at radius 2 is 1.89 bits per heavy atom. The lowest BCUT2D eigenvalue weighted by atomic mass is 10.1. The summed E-state index contributed by atoms with van der Waals surface area (Å²) in [7, 11) is 0. The van der Waals surface area contributed by atoms with Gasteiger partial charge in [0.2, 0.25) is 0 Å². The van der Waals surface area contributed by atoms with E-state index in [0.717, 1.165) is 5.56 Å². The van der Waals surface area contributed by atoms with Gasteiger partial charge in [-0.25, -0.2) is 0 Å². The van der Waals surface area contributed by atoms with Gasteiger partial charge in [0.25, 0.3) is 0 Å². The third-order valence-electron chi connectivity index (χ3n) is 2.73. The van der Waals surface area contributed by atoms with Gasteiger partial charge in [0, 0.05) is 14.2 Å². The van der Waals surface area contributed by atoms with E-state index in [-0.39, 0.29) is 0 Å². The Balaban J connectivity index is 2.13. The van der Waals surface area contributed by atoms with Crippen molar-refractivity contribution in [3.63, 3.8) is 0 Å². The smallest absolute Gasteiger partial charge is 0.125 e. The average molecular weight is 389 g/mol. The van der Waals surface area contributed by atoms with Gasteiger partial charge >= 0.3 is 0 Å². The molecule has 100 valence electrons. The van der Waals surface area contributed by atoms with Crippen LogP contribution in [0.2, 0.25) is 5.02 Å². The highest BCUT2D eigenvalue weighted by Crippen LogP contribution is 2.28. The van der Waals surface area contributed by atoms with Crippen molar-refractivity contribution in [3.05, 3.63) is 62.2 Å². The van der Waals surface area contributed by atoms with E-state index < -0.39 is 6.10 Å². The van der Waals surface area contributed by atoms with Crippen LogP contribution in [0.1, 0.15) is 24.2 Å². The van der Waals surface area contributed by atoms with Gasteiger partial charge < -0.3 is 9.84 Å². The van der Waals surface area contributed by atoms with Crippen molar-refractivity contribution in [1.82, 2.24) is 0 Å². The number of benzene rings is 2. The Kier molecular flexibility index (Phi) is 5.07. The summed E-state index contributed by atoms with van der Waals surface area (Å²) in [6, 6.07) is 13.4.